The van der Waals surface area contributed by atoms with Gasteiger partial charge in [0.25, 0.3) is 0 Å². The van der Waals surface area contributed by atoms with Gasteiger partial charge in [-0.05, 0) is 81.3 Å². The van der Waals surface area contributed by atoms with E-state index in [0.29, 0.717) is 0 Å². The van der Waals surface area contributed by atoms with E-state index in [9.17, 15) is 0 Å². The van der Waals surface area contributed by atoms with E-state index in [4.69, 9.17) is 0 Å². The molecule has 1 spiro atoms. The Hall–Kier alpha value is -1.22. The second-order valence-corrected chi connectivity index (χ2v) is 8.13. The molecule has 0 bridgehead atoms. The van der Waals surface area contributed by atoms with Crippen LogP contribution in [0.1, 0.15) is 63.0 Å². The van der Waals surface area contributed by atoms with Crippen molar-refractivity contribution in [3.05, 3.63) is 23.3 Å². The van der Waals surface area contributed by atoms with Gasteiger partial charge in [-0.2, -0.15) is 0 Å². The number of anilines is 2. The summed E-state index contributed by atoms with van der Waals surface area (Å²) < 4.78 is 0. The topological polar surface area (TPSA) is 27.3 Å². The predicted octanol–water partition coefficient (Wildman–Crippen LogP) is 4.11. The number of hydrogen-bond acceptors (Lipinski definition) is 3. The van der Waals surface area contributed by atoms with E-state index in [0.717, 1.165) is 13.1 Å². The fourth-order valence-electron chi connectivity index (χ4n) is 4.85. The second-order valence-electron chi connectivity index (χ2n) is 8.13. The fourth-order valence-corrected chi connectivity index (χ4v) is 4.85. The molecular formula is C21H33N3. The summed E-state index contributed by atoms with van der Waals surface area (Å²) in [7, 11) is 0. The molecule has 0 unspecified atom stereocenters. The SMILES string of the molecule is CCCCCN1CC2(CCNCC2)Nc2cc3c(cc21)CCCC3. The molecule has 2 N–H and O–H groups in total. The van der Waals surface area contributed by atoms with Gasteiger partial charge in [0.05, 0.1) is 16.9 Å². The first-order valence-electron chi connectivity index (χ1n) is 10.2. The van der Waals surface area contributed by atoms with Crippen LogP contribution in [-0.4, -0.2) is 31.7 Å². The molecule has 3 aliphatic rings. The van der Waals surface area contributed by atoms with Gasteiger partial charge in [0.2, 0.25) is 0 Å². The van der Waals surface area contributed by atoms with Crippen LogP contribution in [0.4, 0.5) is 11.4 Å². The quantitative estimate of drug-likeness (QED) is 0.815. The highest BCUT2D eigenvalue weighted by molar-refractivity contribution is 5.76. The minimum Gasteiger partial charge on any atom is -0.376 e. The normalized spacial score (nSPS) is 22.0. The van der Waals surface area contributed by atoms with Crippen molar-refractivity contribution in [2.24, 2.45) is 0 Å². The molecule has 0 aromatic heterocycles. The maximum Gasteiger partial charge on any atom is 0.0605 e. The first-order chi connectivity index (χ1) is 11.8. The maximum atomic E-state index is 4.00. The summed E-state index contributed by atoms with van der Waals surface area (Å²) in [6, 6.07) is 5.02. The smallest absolute Gasteiger partial charge is 0.0605 e. The largest absolute Gasteiger partial charge is 0.376 e. The summed E-state index contributed by atoms with van der Waals surface area (Å²) in [5.41, 5.74) is 6.40. The van der Waals surface area contributed by atoms with Gasteiger partial charge >= 0.3 is 0 Å². The molecule has 3 nitrogen and oxygen atoms in total. The Bertz CT molecular complexity index is 575. The van der Waals surface area contributed by atoms with Crippen molar-refractivity contribution < 1.29 is 0 Å². The zero-order chi connectivity index (χ0) is 16.4. The first kappa shape index (κ1) is 16.3. The number of piperidine rings is 1. The minimum atomic E-state index is 0.285. The highest BCUT2D eigenvalue weighted by atomic mass is 15.2. The molecule has 1 aromatic carbocycles. The van der Waals surface area contributed by atoms with Gasteiger partial charge in [0, 0.05) is 13.1 Å². The van der Waals surface area contributed by atoms with Gasteiger partial charge in [-0.3, -0.25) is 0 Å². The van der Waals surface area contributed by atoms with Crippen LogP contribution in [0.5, 0.6) is 0 Å². The molecular weight excluding hydrogens is 294 g/mol. The number of benzene rings is 1. The molecule has 2 aliphatic heterocycles. The van der Waals surface area contributed by atoms with Crippen LogP contribution in [0.25, 0.3) is 0 Å². The number of nitrogens with zero attached hydrogens (tertiary/aromatic N) is 1. The van der Waals surface area contributed by atoms with Gasteiger partial charge in [0.1, 0.15) is 0 Å². The molecule has 3 heteroatoms. The lowest BCUT2D eigenvalue weighted by Crippen LogP contribution is -2.57. The minimum absolute atomic E-state index is 0.285. The molecule has 4 rings (SSSR count). The van der Waals surface area contributed by atoms with Crippen LogP contribution in [0, 0.1) is 0 Å². The van der Waals surface area contributed by atoms with E-state index >= 15 is 0 Å². The number of aryl methyl sites for hydroxylation is 2. The van der Waals surface area contributed by atoms with Crippen molar-refractivity contribution in [3.63, 3.8) is 0 Å². The molecule has 1 fully saturated rings. The number of nitrogens with one attached hydrogen (secondary N) is 2. The zero-order valence-corrected chi connectivity index (χ0v) is 15.3. The summed E-state index contributed by atoms with van der Waals surface area (Å²) in [6.45, 7) is 7.00. The molecule has 0 amide bonds. The third-order valence-corrected chi connectivity index (χ3v) is 6.29. The van der Waals surface area contributed by atoms with Gasteiger partial charge in [0.15, 0.2) is 0 Å². The molecule has 0 atom stereocenters. The van der Waals surface area contributed by atoms with Crippen LogP contribution < -0.4 is 15.5 Å². The van der Waals surface area contributed by atoms with Crippen LogP contribution in [0.15, 0.2) is 12.1 Å². The van der Waals surface area contributed by atoms with Gasteiger partial charge in [-0.25, -0.2) is 0 Å². The Kier molecular flexibility index (Phi) is 4.71. The highest BCUT2D eigenvalue weighted by Crippen LogP contribution is 2.41. The molecule has 132 valence electrons. The Morgan fingerprint density at radius 2 is 1.79 bits per heavy atom. The Labute approximate surface area is 147 Å². The van der Waals surface area contributed by atoms with Crippen molar-refractivity contribution in [3.8, 4) is 0 Å². The summed E-state index contributed by atoms with van der Waals surface area (Å²) >= 11 is 0. The van der Waals surface area contributed by atoms with Crippen molar-refractivity contribution in [2.45, 2.75) is 70.3 Å². The average Bonchev–Trinajstić information content (AvgIpc) is 2.61. The van der Waals surface area contributed by atoms with Crippen LogP contribution in [0.2, 0.25) is 0 Å². The average molecular weight is 328 g/mol. The standard InChI is InChI=1S/C21H33N3/c1-2-3-6-13-24-16-21(9-11-22-12-10-21)23-19-14-17-7-4-5-8-18(17)15-20(19)24/h14-15,22-23H,2-13,16H2,1H3. The number of hydrogen-bond donors (Lipinski definition) is 2. The summed E-state index contributed by atoms with van der Waals surface area (Å²) in [4.78, 5) is 2.71. The van der Waals surface area contributed by atoms with Crippen LogP contribution >= 0.6 is 0 Å². The van der Waals surface area contributed by atoms with Gasteiger partial charge < -0.3 is 15.5 Å². The molecule has 24 heavy (non-hydrogen) atoms. The van der Waals surface area contributed by atoms with Crippen molar-refractivity contribution in [1.82, 2.24) is 5.32 Å². The summed E-state index contributed by atoms with van der Waals surface area (Å²) in [6.07, 6.45) is 11.7. The lowest BCUT2D eigenvalue weighted by molar-refractivity contribution is 0.331. The lowest BCUT2D eigenvalue weighted by atomic mass is 9.83. The van der Waals surface area contributed by atoms with Crippen molar-refractivity contribution in [2.75, 3.05) is 36.4 Å². The summed E-state index contributed by atoms with van der Waals surface area (Å²) in [5, 5.41) is 7.54. The van der Waals surface area contributed by atoms with E-state index < -0.39 is 0 Å². The Morgan fingerprint density at radius 1 is 1.04 bits per heavy atom. The molecule has 1 aromatic rings. The van der Waals surface area contributed by atoms with E-state index in [2.05, 4.69) is 34.6 Å². The molecule has 0 saturated carbocycles. The number of unbranched alkanes of at least 4 members (excludes halogenated alkanes) is 2. The van der Waals surface area contributed by atoms with Gasteiger partial charge in [-0.1, -0.05) is 19.8 Å². The second kappa shape index (κ2) is 6.95. The molecule has 2 heterocycles. The predicted molar refractivity (Wildman–Crippen MR) is 103 cm³/mol. The molecule has 1 aliphatic carbocycles. The van der Waals surface area contributed by atoms with Gasteiger partial charge in [-0.15, -0.1) is 0 Å². The zero-order valence-electron chi connectivity index (χ0n) is 15.3. The van der Waals surface area contributed by atoms with E-state index in [1.165, 1.54) is 82.3 Å². The fraction of sp³-hybridized carbons (Fsp3) is 0.714. The number of fused-ring (bicyclic) bond motifs is 2. The molecule has 1 saturated heterocycles. The van der Waals surface area contributed by atoms with Crippen molar-refractivity contribution in [1.29, 1.82) is 0 Å². The van der Waals surface area contributed by atoms with E-state index in [1.807, 2.05) is 0 Å². The van der Waals surface area contributed by atoms with Crippen LogP contribution in [0.3, 0.4) is 0 Å². The molecule has 0 radical (unpaired) electrons. The van der Waals surface area contributed by atoms with E-state index in [-0.39, 0.29) is 5.54 Å². The third-order valence-electron chi connectivity index (χ3n) is 6.29. The van der Waals surface area contributed by atoms with Crippen molar-refractivity contribution >= 4 is 11.4 Å². The lowest BCUT2D eigenvalue weighted by Gasteiger charge is -2.48. The summed E-state index contributed by atoms with van der Waals surface area (Å²) in [5.74, 6) is 0. The highest BCUT2D eigenvalue weighted by Gasteiger charge is 2.38. The monoisotopic (exact) mass is 327 g/mol. The Balaban J connectivity index is 1.65. The van der Waals surface area contributed by atoms with E-state index in [1.54, 1.807) is 11.1 Å². The number of rotatable bonds is 4. The first-order valence-corrected chi connectivity index (χ1v) is 10.2. The Morgan fingerprint density at radius 3 is 2.54 bits per heavy atom. The third kappa shape index (κ3) is 3.15. The van der Waals surface area contributed by atoms with Crippen LogP contribution in [-0.2, 0) is 12.8 Å². The maximum absolute atomic E-state index is 4.00.